The molecule has 0 aromatic heterocycles. The lowest BCUT2D eigenvalue weighted by atomic mass is 10.1. The number of carbonyl (C=O) groups excluding carboxylic acids is 1. The molecule has 3 aromatic rings. The molecular weight excluding hydrogens is 412 g/mol. The van der Waals surface area contributed by atoms with Crippen molar-refractivity contribution in [3.8, 4) is 5.75 Å². The number of nitrogens with one attached hydrogen (secondary N) is 2. The molecule has 0 aliphatic carbocycles. The number of hydrogen-bond donors (Lipinski definition) is 2. The van der Waals surface area contributed by atoms with Crippen LogP contribution in [0.5, 0.6) is 5.75 Å². The summed E-state index contributed by atoms with van der Waals surface area (Å²) in [5.41, 5.74) is 3.36. The van der Waals surface area contributed by atoms with E-state index in [2.05, 4.69) is 10.0 Å². The number of rotatable bonds is 7. The van der Waals surface area contributed by atoms with Crippen molar-refractivity contribution in [3.05, 3.63) is 89.0 Å². The second kappa shape index (κ2) is 9.22. The molecule has 0 saturated carbocycles. The molecule has 0 unspecified atom stereocenters. The van der Waals surface area contributed by atoms with E-state index in [0.29, 0.717) is 11.3 Å². The Morgan fingerprint density at radius 1 is 0.935 bits per heavy atom. The molecule has 162 valence electrons. The van der Waals surface area contributed by atoms with Gasteiger partial charge in [-0.25, -0.2) is 8.42 Å². The standard InChI is InChI=1S/C24H26N2O4S/c1-16-5-13-22(14-6-16)31(28,29)26-23-15-20(8-7-17(23)2)24(27)25-18(3)19-9-11-21(30-4)12-10-19/h5-15,18,26H,1-4H3,(H,25,27)/t18-/m0/s1. The number of ether oxygens (including phenoxy) is 1. The molecule has 0 fully saturated rings. The van der Waals surface area contributed by atoms with E-state index in [4.69, 9.17) is 4.74 Å². The van der Waals surface area contributed by atoms with Gasteiger partial charge in [0.25, 0.3) is 15.9 Å². The minimum absolute atomic E-state index is 0.167. The number of methoxy groups -OCH3 is 1. The maximum absolute atomic E-state index is 12.8. The van der Waals surface area contributed by atoms with Gasteiger partial charge in [-0.2, -0.15) is 0 Å². The first-order valence-electron chi connectivity index (χ1n) is 9.84. The summed E-state index contributed by atoms with van der Waals surface area (Å²) < 4.78 is 33.2. The molecule has 3 rings (SSSR count). The Labute approximate surface area is 183 Å². The van der Waals surface area contributed by atoms with E-state index in [1.54, 1.807) is 56.5 Å². The lowest BCUT2D eigenvalue weighted by molar-refractivity contribution is 0.0940. The molecule has 0 radical (unpaired) electrons. The van der Waals surface area contributed by atoms with Gasteiger partial charge in [-0.05, 0) is 68.3 Å². The quantitative estimate of drug-likeness (QED) is 0.564. The Balaban J connectivity index is 1.77. The van der Waals surface area contributed by atoms with E-state index in [1.165, 1.54) is 0 Å². The van der Waals surface area contributed by atoms with Gasteiger partial charge in [0.2, 0.25) is 0 Å². The summed E-state index contributed by atoms with van der Waals surface area (Å²) >= 11 is 0. The number of anilines is 1. The predicted molar refractivity (Wildman–Crippen MR) is 122 cm³/mol. The molecule has 0 heterocycles. The third kappa shape index (κ3) is 5.44. The first kappa shape index (κ1) is 22.4. The molecule has 3 aromatic carbocycles. The first-order chi connectivity index (χ1) is 14.7. The van der Waals surface area contributed by atoms with Gasteiger partial charge in [0.1, 0.15) is 5.75 Å². The second-order valence-electron chi connectivity index (χ2n) is 7.42. The minimum atomic E-state index is -3.76. The van der Waals surface area contributed by atoms with E-state index in [-0.39, 0.29) is 16.8 Å². The SMILES string of the molecule is COc1ccc([C@H](C)NC(=O)c2ccc(C)c(NS(=O)(=O)c3ccc(C)cc3)c2)cc1. The van der Waals surface area contributed by atoms with Crippen LogP contribution in [0.4, 0.5) is 5.69 Å². The largest absolute Gasteiger partial charge is 0.497 e. The Hall–Kier alpha value is -3.32. The van der Waals surface area contributed by atoms with Gasteiger partial charge in [-0.3, -0.25) is 9.52 Å². The Bertz CT molecular complexity index is 1170. The van der Waals surface area contributed by atoms with Crippen LogP contribution in [-0.2, 0) is 10.0 Å². The fourth-order valence-corrected chi connectivity index (χ4v) is 4.17. The van der Waals surface area contributed by atoms with Crippen LogP contribution >= 0.6 is 0 Å². The van der Waals surface area contributed by atoms with Gasteiger partial charge in [-0.1, -0.05) is 35.9 Å². The highest BCUT2D eigenvalue weighted by Crippen LogP contribution is 2.23. The van der Waals surface area contributed by atoms with Crippen molar-refractivity contribution in [3.63, 3.8) is 0 Å². The predicted octanol–water partition coefficient (Wildman–Crippen LogP) is 4.60. The van der Waals surface area contributed by atoms with Crippen molar-refractivity contribution in [2.45, 2.75) is 31.7 Å². The van der Waals surface area contributed by atoms with Crippen LogP contribution in [0.25, 0.3) is 0 Å². The van der Waals surface area contributed by atoms with Gasteiger partial charge < -0.3 is 10.1 Å². The topological polar surface area (TPSA) is 84.5 Å². The fourth-order valence-electron chi connectivity index (χ4n) is 3.05. The summed E-state index contributed by atoms with van der Waals surface area (Å²) in [5, 5.41) is 2.94. The second-order valence-corrected chi connectivity index (χ2v) is 9.10. The average Bonchev–Trinajstić information content (AvgIpc) is 2.75. The molecule has 2 N–H and O–H groups in total. The third-order valence-electron chi connectivity index (χ3n) is 5.04. The summed E-state index contributed by atoms with van der Waals surface area (Å²) in [7, 11) is -2.16. The van der Waals surface area contributed by atoms with E-state index in [1.807, 2.05) is 38.1 Å². The lowest BCUT2D eigenvalue weighted by Crippen LogP contribution is -2.26. The number of hydrogen-bond acceptors (Lipinski definition) is 4. The Morgan fingerprint density at radius 3 is 2.19 bits per heavy atom. The molecule has 0 saturated heterocycles. The van der Waals surface area contributed by atoms with Crippen molar-refractivity contribution in [1.29, 1.82) is 0 Å². The molecule has 6 nitrogen and oxygen atoms in total. The average molecular weight is 439 g/mol. The van der Waals surface area contributed by atoms with E-state index in [0.717, 1.165) is 22.4 Å². The molecule has 7 heteroatoms. The van der Waals surface area contributed by atoms with Crippen LogP contribution in [0.1, 0.15) is 40.0 Å². The Kier molecular flexibility index (Phi) is 6.65. The summed E-state index contributed by atoms with van der Waals surface area (Å²) in [6.45, 7) is 5.56. The van der Waals surface area contributed by atoms with E-state index < -0.39 is 10.0 Å². The van der Waals surface area contributed by atoms with Gasteiger partial charge in [0.15, 0.2) is 0 Å². The minimum Gasteiger partial charge on any atom is -0.497 e. The molecule has 31 heavy (non-hydrogen) atoms. The van der Waals surface area contributed by atoms with Crippen molar-refractivity contribution in [2.75, 3.05) is 11.8 Å². The third-order valence-corrected chi connectivity index (χ3v) is 6.42. The van der Waals surface area contributed by atoms with Crippen LogP contribution in [0.2, 0.25) is 0 Å². The van der Waals surface area contributed by atoms with Crippen molar-refractivity contribution in [1.82, 2.24) is 5.32 Å². The monoisotopic (exact) mass is 438 g/mol. The Morgan fingerprint density at radius 2 is 1.58 bits per heavy atom. The molecule has 1 atom stereocenters. The molecule has 1 amide bonds. The van der Waals surface area contributed by atoms with E-state index in [9.17, 15) is 13.2 Å². The number of carbonyl (C=O) groups is 1. The molecule has 0 spiro atoms. The lowest BCUT2D eigenvalue weighted by Gasteiger charge is -2.16. The van der Waals surface area contributed by atoms with Crippen molar-refractivity contribution < 1.29 is 17.9 Å². The summed E-state index contributed by atoms with van der Waals surface area (Å²) in [5.74, 6) is 0.449. The van der Waals surface area contributed by atoms with Gasteiger partial charge in [-0.15, -0.1) is 0 Å². The van der Waals surface area contributed by atoms with Crippen molar-refractivity contribution >= 4 is 21.6 Å². The molecule has 0 aliphatic rings. The zero-order valence-electron chi connectivity index (χ0n) is 18.0. The maximum atomic E-state index is 12.8. The van der Waals surface area contributed by atoms with Crippen LogP contribution in [-0.4, -0.2) is 21.4 Å². The number of amides is 1. The zero-order valence-corrected chi connectivity index (χ0v) is 18.8. The highest BCUT2D eigenvalue weighted by atomic mass is 32.2. The normalized spacial score (nSPS) is 12.1. The van der Waals surface area contributed by atoms with Crippen LogP contribution in [0, 0.1) is 13.8 Å². The van der Waals surface area contributed by atoms with Gasteiger partial charge in [0, 0.05) is 5.56 Å². The summed E-state index contributed by atoms with van der Waals surface area (Å²) in [6, 6.07) is 18.8. The summed E-state index contributed by atoms with van der Waals surface area (Å²) in [6.07, 6.45) is 0. The van der Waals surface area contributed by atoms with Crippen LogP contribution < -0.4 is 14.8 Å². The highest BCUT2D eigenvalue weighted by molar-refractivity contribution is 7.92. The zero-order chi connectivity index (χ0) is 22.6. The van der Waals surface area contributed by atoms with Crippen LogP contribution in [0.15, 0.2) is 71.6 Å². The van der Waals surface area contributed by atoms with Gasteiger partial charge in [0.05, 0.1) is 23.7 Å². The first-order valence-corrected chi connectivity index (χ1v) is 11.3. The molecule has 0 aliphatic heterocycles. The molecular formula is C24H26N2O4S. The number of sulfonamides is 1. The number of benzene rings is 3. The van der Waals surface area contributed by atoms with Crippen LogP contribution in [0.3, 0.4) is 0 Å². The smallest absolute Gasteiger partial charge is 0.261 e. The fraction of sp³-hybridized carbons (Fsp3) is 0.208. The van der Waals surface area contributed by atoms with Crippen molar-refractivity contribution in [2.24, 2.45) is 0 Å². The maximum Gasteiger partial charge on any atom is 0.261 e. The summed E-state index contributed by atoms with van der Waals surface area (Å²) in [4.78, 5) is 12.9. The highest BCUT2D eigenvalue weighted by Gasteiger charge is 2.17. The number of aryl methyl sites for hydroxylation is 2. The molecule has 0 bridgehead atoms. The van der Waals surface area contributed by atoms with E-state index >= 15 is 0 Å². The van der Waals surface area contributed by atoms with Gasteiger partial charge >= 0.3 is 0 Å².